The molecule has 7 nitrogen and oxygen atoms in total. The third-order valence-corrected chi connectivity index (χ3v) is 2.82. The molecule has 1 N–H and O–H groups in total. The number of carboxylic acid groups (broad SMARTS) is 1. The number of hydrogen-bond acceptors (Lipinski definition) is 5. The number of nitro groups is 1. The molecular formula is C13H15N3O4. The van der Waals surface area contributed by atoms with Gasteiger partial charge in [0.15, 0.2) is 0 Å². The number of nitrogens with zero attached hydrogens (tertiary/aromatic N) is 3. The van der Waals surface area contributed by atoms with Crippen molar-refractivity contribution in [1.82, 2.24) is 0 Å². The molecule has 0 aliphatic heterocycles. The van der Waals surface area contributed by atoms with E-state index in [4.69, 9.17) is 10.4 Å². The van der Waals surface area contributed by atoms with Gasteiger partial charge in [-0.2, -0.15) is 5.26 Å². The highest BCUT2D eigenvalue weighted by Crippen LogP contribution is 2.30. The lowest BCUT2D eigenvalue weighted by molar-refractivity contribution is -0.384. The average Bonchev–Trinajstić information content (AvgIpc) is 2.38. The maximum atomic E-state index is 11.1. The molecule has 1 aromatic rings. The van der Waals surface area contributed by atoms with Crippen molar-refractivity contribution >= 4 is 17.3 Å². The van der Waals surface area contributed by atoms with Crippen LogP contribution in [0.15, 0.2) is 18.2 Å². The summed E-state index contributed by atoms with van der Waals surface area (Å²) in [5.41, 5.74) is 0.0370. The van der Waals surface area contributed by atoms with E-state index in [1.54, 1.807) is 4.90 Å². The Hall–Kier alpha value is -2.62. The predicted octanol–water partition coefficient (Wildman–Crippen LogP) is 2.42. The third-order valence-electron chi connectivity index (χ3n) is 2.82. The van der Waals surface area contributed by atoms with E-state index in [0.717, 1.165) is 0 Å². The minimum absolute atomic E-state index is 0.0202. The Labute approximate surface area is 116 Å². The normalized spacial score (nSPS) is 10.1. The second-order valence-electron chi connectivity index (χ2n) is 4.46. The Balaban J connectivity index is 3.35. The largest absolute Gasteiger partial charge is 0.478 e. The number of benzene rings is 1. The van der Waals surface area contributed by atoms with Crippen molar-refractivity contribution in [2.45, 2.75) is 26.3 Å². The van der Waals surface area contributed by atoms with Gasteiger partial charge in [-0.3, -0.25) is 10.1 Å². The standard InChI is InChI=1S/C13H15N3O4/c1-9(2)15(7-3-6-14)12-8-10(13(17)18)4-5-11(12)16(19)20/h4-5,8-9H,3,7H2,1-2H3,(H,17,18). The maximum Gasteiger partial charge on any atom is 0.335 e. The first-order valence-corrected chi connectivity index (χ1v) is 6.03. The second kappa shape index (κ2) is 6.52. The number of carbonyl (C=O) groups is 1. The van der Waals surface area contributed by atoms with Crippen LogP contribution in [0.3, 0.4) is 0 Å². The Morgan fingerprint density at radius 3 is 2.65 bits per heavy atom. The number of carboxylic acids is 1. The Morgan fingerprint density at radius 2 is 2.20 bits per heavy atom. The maximum absolute atomic E-state index is 11.1. The minimum atomic E-state index is -1.15. The molecule has 0 unspecified atom stereocenters. The molecule has 0 spiro atoms. The molecule has 0 atom stereocenters. The molecule has 0 heterocycles. The van der Waals surface area contributed by atoms with Gasteiger partial charge in [0, 0.05) is 18.7 Å². The number of rotatable bonds is 6. The lowest BCUT2D eigenvalue weighted by atomic mass is 10.1. The summed E-state index contributed by atoms with van der Waals surface area (Å²) in [5, 5.41) is 28.7. The molecule has 0 aliphatic carbocycles. The summed E-state index contributed by atoms with van der Waals surface area (Å²) in [6.07, 6.45) is 0.201. The van der Waals surface area contributed by atoms with Crippen LogP contribution in [-0.4, -0.2) is 28.6 Å². The summed E-state index contributed by atoms with van der Waals surface area (Å²) in [4.78, 5) is 23.2. The van der Waals surface area contributed by atoms with Crippen LogP contribution in [0, 0.1) is 21.4 Å². The molecule has 0 radical (unpaired) electrons. The van der Waals surface area contributed by atoms with E-state index in [-0.39, 0.29) is 29.4 Å². The van der Waals surface area contributed by atoms with E-state index >= 15 is 0 Å². The van der Waals surface area contributed by atoms with Crippen LogP contribution in [0.2, 0.25) is 0 Å². The van der Waals surface area contributed by atoms with E-state index in [2.05, 4.69) is 0 Å². The van der Waals surface area contributed by atoms with Crippen LogP contribution in [0.5, 0.6) is 0 Å². The SMILES string of the molecule is CC(C)N(CCC#N)c1cc(C(=O)O)ccc1[N+](=O)[O-]. The fourth-order valence-corrected chi connectivity index (χ4v) is 1.87. The van der Waals surface area contributed by atoms with Gasteiger partial charge in [-0.05, 0) is 26.0 Å². The second-order valence-corrected chi connectivity index (χ2v) is 4.46. The van der Waals surface area contributed by atoms with E-state index < -0.39 is 10.9 Å². The van der Waals surface area contributed by atoms with Gasteiger partial charge in [0.05, 0.1) is 23.0 Å². The molecule has 0 fully saturated rings. The van der Waals surface area contributed by atoms with E-state index in [1.807, 2.05) is 19.9 Å². The molecule has 0 aromatic heterocycles. The van der Waals surface area contributed by atoms with E-state index in [1.165, 1.54) is 18.2 Å². The van der Waals surface area contributed by atoms with Gasteiger partial charge in [0.1, 0.15) is 5.69 Å². The first kappa shape index (κ1) is 15.4. The van der Waals surface area contributed by atoms with Gasteiger partial charge < -0.3 is 10.0 Å². The average molecular weight is 277 g/mol. The lowest BCUT2D eigenvalue weighted by Crippen LogP contribution is -2.32. The summed E-state index contributed by atoms with van der Waals surface area (Å²) in [6, 6.07) is 5.55. The van der Waals surface area contributed by atoms with Crippen molar-refractivity contribution in [3.8, 4) is 6.07 Å². The van der Waals surface area contributed by atoms with Crippen LogP contribution in [0.25, 0.3) is 0 Å². The molecule has 20 heavy (non-hydrogen) atoms. The predicted molar refractivity (Wildman–Crippen MR) is 72.8 cm³/mol. The fourth-order valence-electron chi connectivity index (χ4n) is 1.87. The molecule has 0 bridgehead atoms. The zero-order chi connectivity index (χ0) is 15.3. The first-order chi connectivity index (χ1) is 9.38. The van der Waals surface area contributed by atoms with Crippen LogP contribution >= 0.6 is 0 Å². The topological polar surface area (TPSA) is 107 Å². The molecule has 106 valence electrons. The summed E-state index contributed by atoms with van der Waals surface area (Å²) in [5.74, 6) is -1.15. The Kier molecular flexibility index (Phi) is 5.03. The number of hydrogen-bond donors (Lipinski definition) is 1. The summed E-state index contributed by atoms with van der Waals surface area (Å²) in [7, 11) is 0. The van der Waals surface area contributed by atoms with Crippen molar-refractivity contribution in [2.24, 2.45) is 0 Å². The number of nitro benzene ring substituents is 1. The highest BCUT2D eigenvalue weighted by Gasteiger charge is 2.23. The van der Waals surface area contributed by atoms with Gasteiger partial charge in [0.25, 0.3) is 5.69 Å². The molecule has 7 heteroatoms. The Bertz CT molecular complexity index is 563. The van der Waals surface area contributed by atoms with Crippen molar-refractivity contribution in [3.05, 3.63) is 33.9 Å². The van der Waals surface area contributed by atoms with Gasteiger partial charge in [-0.15, -0.1) is 0 Å². The van der Waals surface area contributed by atoms with Crippen LogP contribution in [0.1, 0.15) is 30.6 Å². The van der Waals surface area contributed by atoms with Crippen molar-refractivity contribution in [1.29, 1.82) is 5.26 Å². The molecule has 0 aliphatic rings. The Morgan fingerprint density at radius 1 is 1.55 bits per heavy atom. The quantitative estimate of drug-likeness (QED) is 0.632. The zero-order valence-electron chi connectivity index (χ0n) is 11.2. The van der Waals surface area contributed by atoms with Crippen molar-refractivity contribution in [2.75, 3.05) is 11.4 Å². The van der Waals surface area contributed by atoms with Crippen LogP contribution in [-0.2, 0) is 0 Å². The molecule has 1 rings (SSSR count). The minimum Gasteiger partial charge on any atom is -0.478 e. The highest BCUT2D eigenvalue weighted by molar-refractivity contribution is 5.90. The fraction of sp³-hybridized carbons (Fsp3) is 0.385. The molecule has 0 saturated heterocycles. The monoisotopic (exact) mass is 277 g/mol. The van der Waals surface area contributed by atoms with E-state index in [9.17, 15) is 14.9 Å². The third kappa shape index (κ3) is 3.45. The number of nitriles is 1. The van der Waals surface area contributed by atoms with Gasteiger partial charge >= 0.3 is 5.97 Å². The lowest BCUT2D eigenvalue weighted by Gasteiger charge is -2.27. The summed E-state index contributed by atoms with van der Waals surface area (Å²) >= 11 is 0. The smallest absolute Gasteiger partial charge is 0.335 e. The van der Waals surface area contributed by atoms with Crippen molar-refractivity contribution < 1.29 is 14.8 Å². The number of aromatic carboxylic acids is 1. The molecular weight excluding hydrogens is 262 g/mol. The van der Waals surface area contributed by atoms with Crippen molar-refractivity contribution in [3.63, 3.8) is 0 Å². The van der Waals surface area contributed by atoms with E-state index in [0.29, 0.717) is 6.54 Å². The number of anilines is 1. The van der Waals surface area contributed by atoms with Gasteiger partial charge in [-0.25, -0.2) is 4.79 Å². The van der Waals surface area contributed by atoms with Crippen LogP contribution in [0.4, 0.5) is 11.4 Å². The zero-order valence-corrected chi connectivity index (χ0v) is 11.2. The molecule has 1 aromatic carbocycles. The summed E-state index contributed by atoms with van der Waals surface area (Å²) < 4.78 is 0. The molecule has 0 amide bonds. The summed E-state index contributed by atoms with van der Waals surface area (Å²) in [6.45, 7) is 3.96. The van der Waals surface area contributed by atoms with Crippen LogP contribution < -0.4 is 4.90 Å². The first-order valence-electron chi connectivity index (χ1n) is 6.03. The molecule has 0 saturated carbocycles. The van der Waals surface area contributed by atoms with Gasteiger partial charge in [0.2, 0.25) is 0 Å². The highest BCUT2D eigenvalue weighted by atomic mass is 16.6. The van der Waals surface area contributed by atoms with Gasteiger partial charge in [-0.1, -0.05) is 0 Å².